The fourth-order valence-electron chi connectivity index (χ4n) is 1.85. The Bertz CT molecular complexity index is 282. The summed E-state index contributed by atoms with van der Waals surface area (Å²) in [5.74, 6) is -1.86. The number of carboxylic acid groups (broad SMARTS) is 2. The molecule has 0 spiro atoms. The molecule has 4 nitrogen and oxygen atoms in total. The smallest absolute Gasteiger partial charge is 0.550 e. The van der Waals surface area contributed by atoms with Crippen molar-refractivity contribution in [1.82, 2.24) is 0 Å². The predicted molar refractivity (Wildman–Crippen MR) is 85.9 cm³/mol. The molecule has 0 fully saturated rings. The number of rotatable bonds is 8. The van der Waals surface area contributed by atoms with Crippen LogP contribution in [0.2, 0.25) is 0 Å². The molecule has 0 aromatic heterocycles. The minimum atomic E-state index is -0.932. The molecule has 0 aliphatic heterocycles. The summed E-state index contributed by atoms with van der Waals surface area (Å²) >= 11 is 0. The molecule has 23 heavy (non-hydrogen) atoms. The van der Waals surface area contributed by atoms with Crippen LogP contribution in [0.1, 0.15) is 92.9 Å². The van der Waals surface area contributed by atoms with E-state index in [-0.39, 0.29) is 29.6 Å². The average Bonchev–Trinajstić information content (AvgIpc) is 2.28. The summed E-state index contributed by atoms with van der Waals surface area (Å²) in [5, 5.41) is 20.0. The van der Waals surface area contributed by atoms with Gasteiger partial charge in [0.15, 0.2) is 0 Å². The maximum Gasteiger partial charge on any atom is 2.00 e. The molecular formula is C18H34CoO4. The second-order valence-corrected chi connectivity index (χ2v) is 8.28. The first-order chi connectivity index (χ1) is 9.83. The summed E-state index contributed by atoms with van der Waals surface area (Å²) in [7, 11) is 0. The van der Waals surface area contributed by atoms with Gasteiger partial charge >= 0.3 is 16.8 Å². The molecule has 0 atom stereocenters. The van der Waals surface area contributed by atoms with Crippen molar-refractivity contribution in [3.63, 3.8) is 0 Å². The van der Waals surface area contributed by atoms with Crippen molar-refractivity contribution in [2.24, 2.45) is 10.8 Å². The van der Waals surface area contributed by atoms with Crippen molar-refractivity contribution in [2.75, 3.05) is 0 Å². The fourth-order valence-corrected chi connectivity index (χ4v) is 1.85. The third-order valence-electron chi connectivity index (χ3n) is 3.12. The van der Waals surface area contributed by atoms with Crippen LogP contribution in [0.4, 0.5) is 0 Å². The van der Waals surface area contributed by atoms with Crippen LogP contribution in [0.3, 0.4) is 0 Å². The zero-order chi connectivity index (χ0) is 17.8. The Kier molecular flexibility index (Phi) is 16.4. The predicted octanol–water partition coefficient (Wildman–Crippen LogP) is 2.68. The number of hydrogen-bond acceptors (Lipinski definition) is 4. The Labute approximate surface area is 152 Å². The van der Waals surface area contributed by atoms with Crippen LogP contribution >= 0.6 is 0 Å². The van der Waals surface area contributed by atoms with Crippen molar-refractivity contribution in [1.29, 1.82) is 0 Å². The number of aliphatic carboxylic acids is 2. The molecule has 0 aromatic carbocycles. The second kappa shape index (κ2) is 13.8. The molecule has 0 bridgehead atoms. The number of hydrogen-bond donors (Lipinski definition) is 0. The van der Waals surface area contributed by atoms with E-state index in [2.05, 4.69) is 41.5 Å². The first kappa shape index (κ1) is 27.3. The number of unbranched alkanes of at least 4 members (excludes halogenated alkanes) is 2. The van der Waals surface area contributed by atoms with E-state index in [1.807, 2.05) is 0 Å². The first-order valence-electron chi connectivity index (χ1n) is 8.23. The van der Waals surface area contributed by atoms with Crippen molar-refractivity contribution >= 4 is 11.9 Å². The number of carbonyl (C=O) groups is 2. The zero-order valence-corrected chi connectivity index (χ0v) is 16.7. The van der Waals surface area contributed by atoms with Crippen LogP contribution in [0.5, 0.6) is 0 Å². The Morgan fingerprint density at radius 1 is 0.652 bits per heavy atom. The van der Waals surface area contributed by atoms with Gasteiger partial charge in [-0.25, -0.2) is 0 Å². The standard InChI is InChI=1S/2C9H18O2.Co/c2*1-9(2,3)7-5-4-6-8(10)11;/h2*4-7H2,1-3H3,(H,10,11);/q;;+2/p-2. The molecular weight excluding hydrogens is 339 g/mol. The van der Waals surface area contributed by atoms with Crippen LogP contribution in [0, 0.1) is 10.8 Å². The van der Waals surface area contributed by atoms with E-state index >= 15 is 0 Å². The van der Waals surface area contributed by atoms with E-state index in [9.17, 15) is 19.8 Å². The molecule has 0 amide bonds. The Morgan fingerprint density at radius 2 is 0.913 bits per heavy atom. The maximum atomic E-state index is 10.0. The van der Waals surface area contributed by atoms with Gasteiger partial charge in [0.2, 0.25) is 0 Å². The second-order valence-electron chi connectivity index (χ2n) is 8.28. The molecule has 0 rings (SSSR count). The van der Waals surface area contributed by atoms with Crippen molar-refractivity contribution in [3.8, 4) is 0 Å². The summed E-state index contributed by atoms with van der Waals surface area (Å²) in [6.45, 7) is 13.0. The van der Waals surface area contributed by atoms with E-state index < -0.39 is 11.9 Å². The number of carbonyl (C=O) groups excluding carboxylic acids is 2. The normalized spacial score (nSPS) is 11.0. The minimum absolute atomic E-state index is 0. The molecule has 0 N–H and O–H groups in total. The molecule has 0 saturated carbocycles. The van der Waals surface area contributed by atoms with Gasteiger partial charge in [0.25, 0.3) is 0 Å². The molecule has 0 aliphatic carbocycles. The van der Waals surface area contributed by atoms with Gasteiger partial charge in [-0.3, -0.25) is 0 Å². The van der Waals surface area contributed by atoms with E-state index in [4.69, 9.17) is 0 Å². The number of carboxylic acids is 2. The quantitative estimate of drug-likeness (QED) is 0.613. The molecule has 139 valence electrons. The van der Waals surface area contributed by atoms with Crippen LogP contribution in [-0.2, 0) is 26.4 Å². The van der Waals surface area contributed by atoms with Crippen molar-refractivity contribution in [3.05, 3.63) is 0 Å². The van der Waals surface area contributed by atoms with Gasteiger partial charge in [-0.1, -0.05) is 54.4 Å². The maximum absolute atomic E-state index is 10.0. The molecule has 0 unspecified atom stereocenters. The molecule has 0 heterocycles. The van der Waals surface area contributed by atoms with Crippen LogP contribution in [0.25, 0.3) is 0 Å². The fraction of sp³-hybridized carbons (Fsp3) is 0.889. The van der Waals surface area contributed by atoms with Gasteiger partial charge in [0.05, 0.1) is 0 Å². The molecule has 0 aromatic rings. The van der Waals surface area contributed by atoms with E-state index in [1.165, 1.54) is 0 Å². The topological polar surface area (TPSA) is 80.3 Å². The molecule has 1 radical (unpaired) electrons. The average molecular weight is 373 g/mol. The summed E-state index contributed by atoms with van der Waals surface area (Å²) in [4.78, 5) is 20.0. The third kappa shape index (κ3) is 34.0. The molecule has 0 aliphatic rings. The van der Waals surface area contributed by atoms with Gasteiger partial charge in [-0.2, -0.15) is 0 Å². The van der Waals surface area contributed by atoms with Gasteiger partial charge < -0.3 is 19.8 Å². The monoisotopic (exact) mass is 373 g/mol. The van der Waals surface area contributed by atoms with Crippen LogP contribution in [0.15, 0.2) is 0 Å². The van der Waals surface area contributed by atoms with E-state index in [0.717, 1.165) is 38.5 Å². The summed E-state index contributed by atoms with van der Waals surface area (Å²) in [6.07, 6.45) is 6.04. The van der Waals surface area contributed by atoms with Crippen molar-refractivity contribution in [2.45, 2.75) is 92.9 Å². The summed E-state index contributed by atoms with van der Waals surface area (Å²) < 4.78 is 0. The van der Waals surface area contributed by atoms with Crippen LogP contribution in [-0.4, -0.2) is 11.9 Å². The minimum Gasteiger partial charge on any atom is -0.550 e. The van der Waals surface area contributed by atoms with E-state index in [1.54, 1.807) is 0 Å². The van der Waals surface area contributed by atoms with Gasteiger partial charge in [0, 0.05) is 11.9 Å². The summed E-state index contributed by atoms with van der Waals surface area (Å²) in [6, 6.07) is 0. The first-order valence-corrected chi connectivity index (χ1v) is 8.23. The van der Waals surface area contributed by atoms with Crippen LogP contribution < -0.4 is 10.2 Å². The van der Waals surface area contributed by atoms with Gasteiger partial charge in [-0.15, -0.1) is 0 Å². The molecule has 0 saturated heterocycles. The Hall–Kier alpha value is -0.554. The summed E-state index contributed by atoms with van der Waals surface area (Å²) in [5.41, 5.74) is 0.651. The molecule has 5 heteroatoms. The Morgan fingerprint density at radius 3 is 1.09 bits per heavy atom. The van der Waals surface area contributed by atoms with Gasteiger partial charge in [-0.05, 0) is 49.4 Å². The zero-order valence-electron chi connectivity index (χ0n) is 15.6. The SMILES string of the molecule is CC(C)(C)CCCCC(=O)[O-].CC(C)(C)CCCCC(=O)[O-].[Co+2]. The van der Waals surface area contributed by atoms with Crippen molar-refractivity contribution < 1.29 is 36.6 Å². The third-order valence-corrected chi connectivity index (χ3v) is 3.12. The van der Waals surface area contributed by atoms with E-state index in [0.29, 0.717) is 10.8 Å². The Balaban J connectivity index is -0.000000333. The van der Waals surface area contributed by atoms with Gasteiger partial charge in [0.1, 0.15) is 0 Å². The largest absolute Gasteiger partial charge is 2.00 e.